The summed E-state index contributed by atoms with van der Waals surface area (Å²) >= 11 is 0. The molecule has 3 heteroatoms. The third-order valence-electron chi connectivity index (χ3n) is 3.24. The van der Waals surface area contributed by atoms with E-state index in [1.54, 1.807) is 0 Å². The lowest BCUT2D eigenvalue weighted by Gasteiger charge is -2.34. The highest BCUT2D eigenvalue weighted by molar-refractivity contribution is 5.66. The Morgan fingerprint density at radius 2 is 2.06 bits per heavy atom. The molecule has 1 heterocycles. The minimum Gasteiger partial charge on any atom is -0.399 e. The molecule has 1 aromatic carbocycles. The van der Waals surface area contributed by atoms with Crippen molar-refractivity contribution in [2.24, 2.45) is 0 Å². The van der Waals surface area contributed by atoms with Gasteiger partial charge < -0.3 is 16.0 Å². The van der Waals surface area contributed by atoms with Gasteiger partial charge in [-0.25, -0.2) is 0 Å². The van der Waals surface area contributed by atoms with E-state index >= 15 is 0 Å². The molecular formula is C13H21N3. The molecule has 0 saturated carbocycles. The summed E-state index contributed by atoms with van der Waals surface area (Å²) in [5, 5.41) is 3.36. The average molecular weight is 219 g/mol. The van der Waals surface area contributed by atoms with Gasteiger partial charge in [-0.2, -0.15) is 0 Å². The van der Waals surface area contributed by atoms with E-state index in [0.717, 1.165) is 12.2 Å². The standard InChI is InChI=1S/C13H21N3/c1-13(2,3)16-8-11(15-4)10-6-5-9(14)7-12(10)16/h5-7,11,15H,8,14H2,1-4H3. The number of nitrogen functional groups attached to an aromatic ring is 1. The number of nitrogens with zero attached hydrogens (tertiary/aromatic N) is 1. The molecule has 1 unspecified atom stereocenters. The Morgan fingerprint density at radius 3 is 2.62 bits per heavy atom. The van der Waals surface area contributed by atoms with Gasteiger partial charge in [0.25, 0.3) is 0 Å². The van der Waals surface area contributed by atoms with E-state index in [4.69, 9.17) is 5.73 Å². The normalized spacial score (nSPS) is 20.0. The van der Waals surface area contributed by atoms with Gasteiger partial charge in [-0.3, -0.25) is 0 Å². The molecule has 1 atom stereocenters. The van der Waals surface area contributed by atoms with Crippen LogP contribution in [0.3, 0.4) is 0 Å². The van der Waals surface area contributed by atoms with Crippen molar-refractivity contribution in [3.05, 3.63) is 23.8 Å². The van der Waals surface area contributed by atoms with E-state index in [1.165, 1.54) is 11.3 Å². The second-order valence-electron chi connectivity index (χ2n) is 5.44. The average Bonchev–Trinajstić information content (AvgIpc) is 2.54. The van der Waals surface area contributed by atoms with E-state index in [1.807, 2.05) is 13.1 Å². The first-order chi connectivity index (χ1) is 7.43. The largest absolute Gasteiger partial charge is 0.399 e. The van der Waals surface area contributed by atoms with E-state index in [2.05, 4.69) is 43.1 Å². The molecule has 0 aliphatic carbocycles. The van der Waals surface area contributed by atoms with Crippen LogP contribution in [-0.2, 0) is 0 Å². The number of anilines is 2. The number of fused-ring (bicyclic) bond motifs is 1. The summed E-state index contributed by atoms with van der Waals surface area (Å²) < 4.78 is 0. The Hall–Kier alpha value is -1.22. The SMILES string of the molecule is CNC1CN(C(C)(C)C)c2cc(N)ccc21. The van der Waals surface area contributed by atoms with Crippen LogP contribution in [-0.4, -0.2) is 19.1 Å². The lowest BCUT2D eigenvalue weighted by Crippen LogP contribution is -2.41. The first kappa shape index (κ1) is 11.3. The second-order valence-corrected chi connectivity index (χ2v) is 5.44. The van der Waals surface area contributed by atoms with Crippen LogP contribution in [0.2, 0.25) is 0 Å². The van der Waals surface area contributed by atoms with E-state index in [-0.39, 0.29) is 5.54 Å². The number of nitrogens with two attached hydrogens (primary N) is 1. The molecule has 0 radical (unpaired) electrons. The zero-order valence-electron chi connectivity index (χ0n) is 10.5. The number of nitrogens with one attached hydrogen (secondary N) is 1. The molecule has 2 rings (SSSR count). The fourth-order valence-corrected chi connectivity index (χ4v) is 2.35. The smallest absolute Gasteiger partial charge is 0.0516 e. The number of likely N-dealkylation sites (N-methyl/N-ethyl adjacent to an activating group) is 1. The Labute approximate surface area is 97.6 Å². The fraction of sp³-hybridized carbons (Fsp3) is 0.538. The van der Waals surface area contributed by atoms with Crippen molar-refractivity contribution >= 4 is 11.4 Å². The Bertz CT molecular complexity index is 393. The molecule has 3 nitrogen and oxygen atoms in total. The predicted molar refractivity (Wildman–Crippen MR) is 69.8 cm³/mol. The lowest BCUT2D eigenvalue weighted by atomic mass is 10.1. The van der Waals surface area contributed by atoms with Crippen LogP contribution < -0.4 is 16.0 Å². The Balaban J connectivity index is 2.47. The first-order valence-electron chi connectivity index (χ1n) is 5.78. The molecular weight excluding hydrogens is 198 g/mol. The van der Waals surface area contributed by atoms with E-state index in [9.17, 15) is 0 Å². The predicted octanol–water partition coefficient (Wildman–Crippen LogP) is 2.15. The molecule has 1 aliphatic heterocycles. The van der Waals surface area contributed by atoms with Crippen LogP contribution in [0.4, 0.5) is 11.4 Å². The summed E-state index contributed by atoms with van der Waals surface area (Å²) in [7, 11) is 2.01. The van der Waals surface area contributed by atoms with Gasteiger partial charge in [-0.15, -0.1) is 0 Å². The number of hydrogen-bond acceptors (Lipinski definition) is 3. The van der Waals surface area contributed by atoms with Crippen molar-refractivity contribution in [3.63, 3.8) is 0 Å². The topological polar surface area (TPSA) is 41.3 Å². The lowest BCUT2D eigenvalue weighted by molar-refractivity contribution is 0.486. The van der Waals surface area contributed by atoms with Crippen molar-refractivity contribution < 1.29 is 0 Å². The quantitative estimate of drug-likeness (QED) is 0.711. The van der Waals surface area contributed by atoms with Gasteiger partial charge in [-0.05, 0) is 45.5 Å². The van der Waals surface area contributed by atoms with Crippen molar-refractivity contribution in [3.8, 4) is 0 Å². The first-order valence-corrected chi connectivity index (χ1v) is 5.78. The van der Waals surface area contributed by atoms with Crippen molar-refractivity contribution in [2.75, 3.05) is 24.2 Å². The van der Waals surface area contributed by atoms with E-state index in [0.29, 0.717) is 6.04 Å². The molecule has 0 saturated heterocycles. The van der Waals surface area contributed by atoms with Gasteiger partial charge in [-0.1, -0.05) is 6.07 Å². The van der Waals surface area contributed by atoms with Crippen LogP contribution in [0, 0.1) is 0 Å². The van der Waals surface area contributed by atoms with Gasteiger partial charge in [0.2, 0.25) is 0 Å². The molecule has 1 aromatic rings. The van der Waals surface area contributed by atoms with E-state index < -0.39 is 0 Å². The van der Waals surface area contributed by atoms with Crippen LogP contribution in [0.15, 0.2) is 18.2 Å². The van der Waals surface area contributed by atoms with Gasteiger partial charge in [0, 0.05) is 23.5 Å². The highest BCUT2D eigenvalue weighted by atomic mass is 15.2. The Kier molecular flexibility index (Phi) is 2.58. The Morgan fingerprint density at radius 1 is 1.38 bits per heavy atom. The monoisotopic (exact) mass is 219 g/mol. The van der Waals surface area contributed by atoms with Gasteiger partial charge in [0.05, 0.1) is 6.04 Å². The summed E-state index contributed by atoms with van der Waals surface area (Å²) in [6, 6.07) is 6.61. The van der Waals surface area contributed by atoms with Crippen molar-refractivity contribution in [2.45, 2.75) is 32.4 Å². The molecule has 0 amide bonds. The minimum absolute atomic E-state index is 0.133. The van der Waals surface area contributed by atoms with Crippen LogP contribution in [0.25, 0.3) is 0 Å². The summed E-state index contributed by atoms with van der Waals surface area (Å²) in [6.07, 6.45) is 0. The highest BCUT2D eigenvalue weighted by Crippen LogP contribution is 2.39. The van der Waals surface area contributed by atoms with Gasteiger partial charge in [0.15, 0.2) is 0 Å². The molecule has 3 N–H and O–H groups in total. The van der Waals surface area contributed by atoms with Gasteiger partial charge in [0.1, 0.15) is 0 Å². The highest BCUT2D eigenvalue weighted by Gasteiger charge is 2.33. The van der Waals surface area contributed by atoms with Gasteiger partial charge >= 0.3 is 0 Å². The third-order valence-corrected chi connectivity index (χ3v) is 3.24. The maximum absolute atomic E-state index is 5.88. The second kappa shape index (κ2) is 3.67. The zero-order chi connectivity index (χ0) is 11.9. The van der Waals surface area contributed by atoms with Crippen LogP contribution in [0.5, 0.6) is 0 Å². The van der Waals surface area contributed by atoms with Crippen molar-refractivity contribution in [1.29, 1.82) is 0 Å². The zero-order valence-corrected chi connectivity index (χ0v) is 10.5. The molecule has 1 aliphatic rings. The summed E-state index contributed by atoms with van der Waals surface area (Å²) in [5.74, 6) is 0. The van der Waals surface area contributed by atoms with Crippen LogP contribution >= 0.6 is 0 Å². The summed E-state index contributed by atoms with van der Waals surface area (Å²) in [5.41, 5.74) is 9.47. The third kappa shape index (κ3) is 1.76. The molecule has 88 valence electrons. The molecule has 0 bridgehead atoms. The van der Waals surface area contributed by atoms with Crippen LogP contribution in [0.1, 0.15) is 32.4 Å². The number of benzene rings is 1. The maximum atomic E-state index is 5.88. The number of hydrogen-bond donors (Lipinski definition) is 2. The molecule has 16 heavy (non-hydrogen) atoms. The summed E-state index contributed by atoms with van der Waals surface area (Å²) in [6.45, 7) is 7.72. The minimum atomic E-state index is 0.133. The van der Waals surface area contributed by atoms with Crippen molar-refractivity contribution in [1.82, 2.24) is 5.32 Å². The molecule has 0 spiro atoms. The molecule has 0 aromatic heterocycles. The maximum Gasteiger partial charge on any atom is 0.0516 e. The summed E-state index contributed by atoms with van der Waals surface area (Å²) in [4.78, 5) is 2.42. The molecule has 0 fully saturated rings. The fourth-order valence-electron chi connectivity index (χ4n) is 2.35. The number of rotatable bonds is 1.